The van der Waals surface area contributed by atoms with E-state index in [0.29, 0.717) is 29.1 Å². The van der Waals surface area contributed by atoms with Crippen LogP contribution in [0.1, 0.15) is 24.2 Å². The maximum absolute atomic E-state index is 12.6. The highest BCUT2D eigenvalue weighted by molar-refractivity contribution is 5.95. The number of piperazine rings is 1. The lowest BCUT2D eigenvalue weighted by atomic mass is 10.1. The lowest BCUT2D eigenvalue weighted by molar-refractivity contribution is 0.0414. The van der Waals surface area contributed by atoms with Crippen molar-refractivity contribution in [3.63, 3.8) is 0 Å². The topological polar surface area (TPSA) is 58.8 Å². The van der Waals surface area contributed by atoms with Gasteiger partial charge in [0, 0.05) is 30.7 Å². The highest BCUT2D eigenvalue weighted by Crippen LogP contribution is 2.23. The minimum atomic E-state index is 0.0335. The summed E-state index contributed by atoms with van der Waals surface area (Å²) in [6.45, 7) is 5.76. The van der Waals surface area contributed by atoms with Crippen LogP contribution in [0.15, 0.2) is 18.2 Å². The van der Waals surface area contributed by atoms with Crippen LogP contribution in [0, 0.1) is 0 Å². The zero-order chi connectivity index (χ0) is 14.9. The minimum absolute atomic E-state index is 0.0335. The third-order valence-electron chi connectivity index (χ3n) is 4.12. The number of hydrogen-bond donors (Lipinski definition) is 1. The van der Waals surface area contributed by atoms with Crippen LogP contribution < -0.4 is 10.5 Å². The Labute approximate surface area is 120 Å². The molecular formula is C15H23N3O2. The second kappa shape index (κ2) is 5.71. The number of methoxy groups -OCH3 is 1. The van der Waals surface area contributed by atoms with Crippen LogP contribution in [0.3, 0.4) is 0 Å². The second-order valence-corrected chi connectivity index (χ2v) is 5.53. The predicted octanol–water partition coefficient (Wildman–Crippen LogP) is 1.44. The van der Waals surface area contributed by atoms with Gasteiger partial charge in [-0.15, -0.1) is 0 Å². The molecule has 1 fully saturated rings. The molecule has 2 atom stereocenters. The number of nitrogen functional groups attached to an aromatic ring is 1. The first-order valence-electron chi connectivity index (χ1n) is 6.88. The summed E-state index contributed by atoms with van der Waals surface area (Å²) in [4.78, 5) is 16.8. The van der Waals surface area contributed by atoms with E-state index in [1.807, 2.05) is 4.90 Å². The molecule has 1 aromatic rings. The molecule has 1 aromatic carbocycles. The number of benzene rings is 1. The fraction of sp³-hybridized carbons (Fsp3) is 0.533. The molecule has 0 aromatic heterocycles. The zero-order valence-electron chi connectivity index (χ0n) is 12.6. The Morgan fingerprint density at radius 1 is 1.30 bits per heavy atom. The van der Waals surface area contributed by atoms with E-state index in [1.165, 1.54) is 0 Å². The van der Waals surface area contributed by atoms with Crippen molar-refractivity contribution in [2.45, 2.75) is 25.9 Å². The summed E-state index contributed by atoms with van der Waals surface area (Å²) in [6.07, 6.45) is 0. The number of nitrogens with two attached hydrogens (primary N) is 1. The molecule has 1 aliphatic heterocycles. The minimum Gasteiger partial charge on any atom is -0.495 e. The molecule has 2 unspecified atom stereocenters. The summed E-state index contributed by atoms with van der Waals surface area (Å²) < 4.78 is 5.12. The van der Waals surface area contributed by atoms with Crippen LogP contribution in [0.4, 0.5) is 5.69 Å². The highest BCUT2D eigenvalue weighted by Gasteiger charge is 2.29. The maximum Gasteiger partial charge on any atom is 0.254 e. The van der Waals surface area contributed by atoms with E-state index >= 15 is 0 Å². The third-order valence-corrected chi connectivity index (χ3v) is 4.12. The fourth-order valence-corrected chi connectivity index (χ4v) is 2.62. The van der Waals surface area contributed by atoms with E-state index in [9.17, 15) is 4.79 Å². The summed E-state index contributed by atoms with van der Waals surface area (Å²) in [6, 6.07) is 5.92. The number of rotatable bonds is 2. The average Bonchev–Trinajstić information content (AvgIpc) is 2.43. The highest BCUT2D eigenvalue weighted by atomic mass is 16.5. The van der Waals surface area contributed by atoms with E-state index in [0.717, 1.165) is 13.1 Å². The van der Waals surface area contributed by atoms with Crippen molar-refractivity contribution in [1.82, 2.24) is 9.80 Å². The van der Waals surface area contributed by atoms with Crippen molar-refractivity contribution in [2.24, 2.45) is 0 Å². The standard InChI is InChI=1S/C15H23N3O2/c1-10-8-18(9-11(2)17(10)3)15(19)12-5-6-14(20-4)13(16)7-12/h5-7,10-11H,8-9,16H2,1-4H3. The Balaban J connectivity index is 2.17. The Hall–Kier alpha value is -1.75. The van der Waals surface area contributed by atoms with E-state index in [4.69, 9.17) is 10.5 Å². The molecule has 0 spiro atoms. The molecule has 5 nitrogen and oxygen atoms in total. The van der Waals surface area contributed by atoms with Crippen LogP contribution in [0.25, 0.3) is 0 Å². The molecule has 110 valence electrons. The number of anilines is 1. The maximum atomic E-state index is 12.6. The molecule has 2 rings (SSSR count). The first kappa shape index (κ1) is 14.7. The third kappa shape index (κ3) is 2.72. The Kier molecular flexibility index (Phi) is 4.18. The first-order valence-corrected chi connectivity index (χ1v) is 6.88. The lowest BCUT2D eigenvalue weighted by Crippen LogP contribution is -2.56. The van der Waals surface area contributed by atoms with Gasteiger partial charge in [-0.25, -0.2) is 0 Å². The van der Waals surface area contributed by atoms with Gasteiger partial charge in [0.05, 0.1) is 12.8 Å². The van der Waals surface area contributed by atoms with Gasteiger partial charge in [0.25, 0.3) is 5.91 Å². The quantitative estimate of drug-likeness (QED) is 0.831. The summed E-state index contributed by atoms with van der Waals surface area (Å²) in [5.41, 5.74) is 6.98. The molecule has 0 saturated carbocycles. The second-order valence-electron chi connectivity index (χ2n) is 5.53. The Bertz CT molecular complexity index is 492. The number of ether oxygens (including phenoxy) is 1. The van der Waals surface area contributed by atoms with Gasteiger partial charge < -0.3 is 15.4 Å². The number of hydrogen-bond acceptors (Lipinski definition) is 4. The number of likely N-dealkylation sites (N-methyl/N-ethyl adjacent to an activating group) is 1. The first-order chi connectivity index (χ1) is 9.43. The summed E-state index contributed by atoms with van der Waals surface area (Å²) in [5, 5.41) is 0. The molecule has 0 radical (unpaired) electrons. The molecule has 20 heavy (non-hydrogen) atoms. The van der Waals surface area contributed by atoms with E-state index in [2.05, 4.69) is 25.8 Å². The van der Waals surface area contributed by atoms with Crippen molar-refractivity contribution < 1.29 is 9.53 Å². The van der Waals surface area contributed by atoms with Crippen molar-refractivity contribution in [3.05, 3.63) is 23.8 Å². The van der Waals surface area contributed by atoms with Crippen LogP contribution in [0.5, 0.6) is 5.75 Å². The molecule has 2 N–H and O–H groups in total. The summed E-state index contributed by atoms with van der Waals surface area (Å²) in [5.74, 6) is 0.632. The van der Waals surface area contributed by atoms with Gasteiger partial charge >= 0.3 is 0 Å². The van der Waals surface area contributed by atoms with Gasteiger partial charge in [-0.1, -0.05) is 0 Å². The SMILES string of the molecule is COc1ccc(C(=O)N2CC(C)N(C)C(C)C2)cc1N. The van der Waals surface area contributed by atoms with Crippen molar-refractivity contribution in [1.29, 1.82) is 0 Å². The molecule has 1 aliphatic rings. The summed E-state index contributed by atoms with van der Waals surface area (Å²) in [7, 11) is 3.67. The smallest absolute Gasteiger partial charge is 0.254 e. The van der Waals surface area contributed by atoms with Gasteiger partial charge in [0.15, 0.2) is 0 Å². The van der Waals surface area contributed by atoms with Crippen molar-refractivity contribution >= 4 is 11.6 Å². The largest absolute Gasteiger partial charge is 0.495 e. The van der Waals surface area contributed by atoms with E-state index in [-0.39, 0.29) is 5.91 Å². The van der Waals surface area contributed by atoms with Crippen molar-refractivity contribution in [2.75, 3.05) is 33.0 Å². The molecular weight excluding hydrogens is 254 g/mol. The normalized spacial score (nSPS) is 23.7. The molecule has 0 bridgehead atoms. The number of nitrogens with zero attached hydrogens (tertiary/aromatic N) is 2. The zero-order valence-corrected chi connectivity index (χ0v) is 12.6. The van der Waals surface area contributed by atoms with Crippen molar-refractivity contribution in [3.8, 4) is 5.75 Å². The summed E-state index contributed by atoms with van der Waals surface area (Å²) >= 11 is 0. The van der Waals surface area contributed by atoms with Gasteiger partial charge in [0.1, 0.15) is 5.75 Å². The molecule has 5 heteroatoms. The van der Waals surface area contributed by atoms with E-state index in [1.54, 1.807) is 25.3 Å². The van der Waals surface area contributed by atoms with Gasteiger partial charge in [-0.2, -0.15) is 0 Å². The van der Waals surface area contributed by atoms with E-state index < -0.39 is 0 Å². The van der Waals surface area contributed by atoms with Crippen LogP contribution in [0.2, 0.25) is 0 Å². The van der Waals surface area contributed by atoms with Crippen LogP contribution in [-0.4, -0.2) is 55.0 Å². The molecule has 1 saturated heterocycles. The van der Waals surface area contributed by atoms with Crippen LogP contribution >= 0.6 is 0 Å². The van der Waals surface area contributed by atoms with Gasteiger partial charge in [-0.05, 0) is 39.1 Å². The fourth-order valence-electron chi connectivity index (χ4n) is 2.62. The number of carbonyl (C=O) groups excluding carboxylic acids is 1. The number of amides is 1. The Morgan fingerprint density at radius 2 is 1.90 bits per heavy atom. The molecule has 1 amide bonds. The average molecular weight is 277 g/mol. The van der Waals surface area contributed by atoms with Gasteiger partial charge in [-0.3, -0.25) is 9.69 Å². The number of carbonyl (C=O) groups is 1. The lowest BCUT2D eigenvalue weighted by Gasteiger charge is -2.42. The monoisotopic (exact) mass is 277 g/mol. The van der Waals surface area contributed by atoms with Crippen LogP contribution in [-0.2, 0) is 0 Å². The predicted molar refractivity (Wildman–Crippen MR) is 80.0 cm³/mol. The molecule has 1 heterocycles. The Morgan fingerprint density at radius 3 is 2.40 bits per heavy atom. The molecule has 0 aliphatic carbocycles. The van der Waals surface area contributed by atoms with Gasteiger partial charge in [0.2, 0.25) is 0 Å².